The third-order valence-corrected chi connectivity index (χ3v) is 7.45. The largest absolute Gasteiger partial charge is 0.378 e. The van der Waals surface area contributed by atoms with Crippen LogP contribution in [0.5, 0.6) is 0 Å². The topological polar surface area (TPSA) is 152 Å². The zero-order valence-corrected chi connectivity index (χ0v) is 25.1. The second-order valence-electron chi connectivity index (χ2n) is 8.98. The minimum atomic E-state index is -0.386. The number of thioether (sulfide) groups is 1. The summed E-state index contributed by atoms with van der Waals surface area (Å²) in [5.41, 5.74) is 8.09. The van der Waals surface area contributed by atoms with E-state index in [0.717, 1.165) is 28.2 Å². The molecule has 0 saturated heterocycles. The molecule has 2 aromatic carbocycles. The van der Waals surface area contributed by atoms with E-state index in [-0.39, 0.29) is 27.8 Å². The number of carbonyl (C=O) groups excluding carboxylic acids is 1. The van der Waals surface area contributed by atoms with Crippen molar-refractivity contribution in [3.05, 3.63) is 93.1 Å². The second kappa shape index (κ2) is 15.8. The van der Waals surface area contributed by atoms with Crippen molar-refractivity contribution < 1.29 is 9.53 Å². The third-order valence-electron chi connectivity index (χ3n) is 5.61. The first kappa shape index (κ1) is 30.9. The van der Waals surface area contributed by atoms with Crippen LogP contribution in [0.15, 0.2) is 87.3 Å². The minimum Gasteiger partial charge on any atom is -0.378 e. The fourth-order valence-corrected chi connectivity index (χ4v) is 5.34. The molecule has 1 aliphatic rings. The minimum absolute atomic E-state index is 0.148. The fraction of sp³-hybridized carbons (Fsp3) is 0.276. The predicted molar refractivity (Wildman–Crippen MR) is 169 cm³/mol. The quantitative estimate of drug-likeness (QED) is 0.128. The van der Waals surface area contributed by atoms with Crippen LogP contribution >= 0.6 is 23.1 Å². The first-order valence-electron chi connectivity index (χ1n) is 13.6. The lowest BCUT2D eigenvalue weighted by molar-refractivity contribution is 0.0923. The summed E-state index contributed by atoms with van der Waals surface area (Å²) in [6, 6.07) is 19.4. The number of aromatic nitrogens is 3. The summed E-state index contributed by atoms with van der Waals surface area (Å²) in [7, 11) is 0. The third kappa shape index (κ3) is 8.03. The van der Waals surface area contributed by atoms with E-state index in [9.17, 15) is 9.59 Å². The number of hydrogen-bond donors (Lipinski definition) is 4. The molecule has 0 saturated carbocycles. The number of nitrogens with zero attached hydrogens (tertiary/aromatic N) is 4. The maximum Gasteiger partial charge on any atom is 0.297 e. The van der Waals surface area contributed by atoms with E-state index in [1.165, 1.54) is 29.1 Å². The maximum absolute atomic E-state index is 13.5. The molecule has 0 bridgehead atoms. The number of nitrogens with two attached hydrogens (primary N) is 1. The van der Waals surface area contributed by atoms with Gasteiger partial charge in [-0.3, -0.25) is 14.7 Å². The molecule has 0 spiro atoms. The Kier molecular flexibility index (Phi) is 11.6. The van der Waals surface area contributed by atoms with Crippen molar-refractivity contribution >= 4 is 45.5 Å². The number of aromatic amines is 1. The number of thiazole rings is 1. The molecule has 1 aliphatic heterocycles. The molecule has 11 nitrogen and oxygen atoms in total. The molecule has 3 heterocycles. The molecule has 1 unspecified atom stereocenters. The van der Waals surface area contributed by atoms with Gasteiger partial charge in [0.1, 0.15) is 4.88 Å². The van der Waals surface area contributed by atoms with Crippen molar-refractivity contribution in [1.82, 2.24) is 25.4 Å². The van der Waals surface area contributed by atoms with Crippen molar-refractivity contribution in [2.24, 2.45) is 16.0 Å². The number of H-pyrrole nitrogens is 1. The Balaban J connectivity index is 0.00000129. The number of hydrogen-bond acceptors (Lipinski definition) is 10. The van der Waals surface area contributed by atoms with E-state index < -0.39 is 0 Å². The van der Waals surface area contributed by atoms with E-state index in [0.29, 0.717) is 36.9 Å². The Morgan fingerprint density at radius 1 is 1.07 bits per heavy atom. The highest BCUT2D eigenvalue weighted by Crippen LogP contribution is 2.35. The van der Waals surface area contributed by atoms with Gasteiger partial charge in [-0.2, -0.15) is 0 Å². The second-order valence-corrected chi connectivity index (χ2v) is 10.9. The van der Waals surface area contributed by atoms with Crippen LogP contribution in [0.2, 0.25) is 0 Å². The molecule has 0 aliphatic carbocycles. The van der Waals surface area contributed by atoms with Crippen LogP contribution < -0.4 is 21.9 Å². The number of rotatable bonds is 11. The molecule has 220 valence electrons. The van der Waals surface area contributed by atoms with Gasteiger partial charge in [0.2, 0.25) is 5.13 Å². The lowest BCUT2D eigenvalue weighted by Gasteiger charge is -2.13. The SMILES string of the molecule is CCC.NCCOCCNC(=O)c1cnc(N=Nc2c(-c3ccccc3)[nH]n(C3NC(c4ccccc4)=CS3)c2=O)s1. The number of amides is 1. The molecular weight excluding hydrogens is 573 g/mol. The van der Waals surface area contributed by atoms with Crippen LogP contribution in [0.4, 0.5) is 10.8 Å². The smallest absolute Gasteiger partial charge is 0.297 e. The van der Waals surface area contributed by atoms with Crippen molar-refractivity contribution in [3.8, 4) is 11.3 Å². The average molecular weight is 607 g/mol. The van der Waals surface area contributed by atoms with Crippen LogP contribution in [0.1, 0.15) is 41.0 Å². The number of carbonyl (C=O) groups is 1. The van der Waals surface area contributed by atoms with Gasteiger partial charge in [0.15, 0.2) is 11.2 Å². The zero-order chi connectivity index (χ0) is 29.7. The molecule has 4 aromatic rings. The summed E-state index contributed by atoms with van der Waals surface area (Å²) >= 11 is 2.56. The van der Waals surface area contributed by atoms with Crippen LogP contribution in [0.25, 0.3) is 17.0 Å². The summed E-state index contributed by atoms with van der Waals surface area (Å²) in [5.74, 6) is -0.287. The highest BCUT2D eigenvalue weighted by molar-refractivity contribution is 8.02. The number of nitrogens with one attached hydrogen (secondary N) is 3. The van der Waals surface area contributed by atoms with Gasteiger partial charge < -0.3 is 21.1 Å². The van der Waals surface area contributed by atoms with Crippen LogP contribution in [-0.4, -0.2) is 47.0 Å². The van der Waals surface area contributed by atoms with E-state index in [1.807, 2.05) is 66.1 Å². The van der Waals surface area contributed by atoms with Gasteiger partial charge in [0.05, 0.1) is 30.8 Å². The first-order chi connectivity index (χ1) is 20.5. The number of azo groups is 1. The Labute approximate surface area is 252 Å². The van der Waals surface area contributed by atoms with Gasteiger partial charge in [-0.15, -0.1) is 10.2 Å². The molecule has 0 fully saturated rings. The molecule has 5 rings (SSSR count). The van der Waals surface area contributed by atoms with E-state index in [2.05, 4.69) is 44.8 Å². The number of benzene rings is 2. The van der Waals surface area contributed by atoms with Crippen molar-refractivity contribution in [3.63, 3.8) is 0 Å². The molecular formula is C29H34N8O3S2. The van der Waals surface area contributed by atoms with E-state index >= 15 is 0 Å². The highest BCUT2D eigenvalue weighted by Gasteiger charge is 2.25. The molecule has 5 N–H and O–H groups in total. The molecule has 1 amide bonds. The van der Waals surface area contributed by atoms with E-state index in [4.69, 9.17) is 10.5 Å². The van der Waals surface area contributed by atoms with Crippen LogP contribution in [0, 0.1) is 0 Å². The first-order valence-corrected chi connectivity index (χ1v) is 15.3. The Bertz CT molecular complexity index is 1550. The molecule has 13 heteroatoms. The van der Waals surface area contributed by atoms with Gasteiger partial charge in [-0.1, -0.05) is 104 Å². The van der Waals surface area contributed by atoms with Crippen molar-refractivity contribution in [2.75, 3.05) is 26.3 Å². The van der Waals surface area contributed by atoms with Crippen LogP contribution in [-0.2, 0) is 4.74 Å². The lowest BCUT2D eigenvalue weighted by Crippen LogP contribution is -2.27. The normalized spacial score (nSPS) is 14.3. The molecule has 2 aromatic heterocycles. The monoisotopic (exact) mass is 606 g/mol. The van der Waals surface area contributed by atoms with E-state index in [1.54, 1.807) is 0 Å². The van der Waals surface area contributed by atoms with Crippen molar-refractivity contribution in [2.45, 2.75) is 25.8 Å². The average Bonchev–Trinajstić information content (AvgIpc) is 3.77. The summed E-state index contributed by atoms with van der Waals surface area (Å²) in [6.07, 6.45) is 2.68. The molecule has 42 heavy (non-hydrogen) atoms. The number of ether oxygens (including phenoxy) is 1. The van der Waals surface area contributed by atoms with Gasteiger partial charge in [0.25, 0.3) is 11.5 Å². The van der Waals surface area contributed by atoms with Crippen molar-refractivity contribution in [1.29, 1.82) is 0 Å². The predicted octanol–water partition coefficient (Wildman–Crippen LogP) is 5.63. The van der Waals surface area contributed by atoms with Gasteiger partial charge in [-0.25, -0.2) is 9.67 Å². The lowest BCUT2D eigenvalue weighted by atomic mass is 10.1. The molecule has 1 atom stereocenters. The highest BCUT2D eigenvalue weighted by atomic mass is 32.2. The Morgan fingerprint density at radius 3 is 2.45 bits per heavy atom. The fourth-order valence-electron chi connectivity index (χ4n) is 3.76. The maximum atomic E-state index is 13.5. The summed E-state index contributed by atoms with van der Waals surface area (Å²) < 4.78 is 6.76. The summed E-state index contributed by atoms with van der Waals surface area (Å²) in [4.78, 5) is 30.4. The summed E-state index contributed by atoms with van der Waals surface area (Å²) in [6.45, 7) is 5.84. The van der Waals surface area contributed by atoms with Crippen LogP contribution in [0.3, 0.4) is 0 Å². The van der Waals surface area contributed by atoms with Gasteiger partial charge in [0, 0.05) is 18.7 Å². The Morgan fingerprint density at radius 2 is 1.76 bits per heavy atom. The van der Waals surface area contributed by atoms with Gasteiger partial charge >= 0.3 is 0 Å². The van der Waals surface area contributed by atoms with Gasteiger partial charge in [-0.05, 0) is 11.0 Å². The standard InChI is InChI=1S/C26H26N8O3S2.C3H8/c27-11-13-37-14-12-28-23(35)20-15-29-25(39-20)32-31-22-21(18-9-5-2-6-10-18)33-34(24(22)36)26-30-19(16-38-26)17-7-3-1-4-8-17;1-3-2/h1-10,15-16,26,30,33H,11-14,27H2,(H,28,35);3H2,1-2H3. The molecule has 0 radical (unpaired) electrons. The zero-order valence-electron chi connectivity index (χ0n) is 23.4. The Hall–Kier alpha value is -4.04. The summed E-state index contributed by atoms with van der Waals surface area (Å²) in [5, 5.41) is 20.1.